The molecule has 1 saturated heterocycles. The number of hydrogen-bond acceptors (Lipinski definition) is 5. The first-order valence-electron chi connectivity index (χ1n) is 5.30. The monoisotopic (exact) mass is 313 g/mol. The number of rotatable bonds is 2. The second kappa shape index (κ2) is 5.32. The van der Waals surface area contributed by atoms with Crippen LogP contribution in [0.1, 0.15) is 10.4 Å². The second-order valence-electron chi connectivity index (χ2n) is 3.77. The standard InChI is InChI=1S/C10H12BrN5O2/c11-6-3-7(9(15-12)14-4-6)10(18)16-2-1-13-8(17)5-16/h3-4H,1-2,5,12H2,(H,13,17)(H,14,15). The van der Waals surface area contributed by atoms with Gasteiger partial charge in [0, 0.05) is 23.8 Å². The van der Waals surface area contributed by atoms with Crippen molar-refractivity contribution < 1.29 is 9.59 Å². The van der Waals surface area contributed by atoms with Crippen LogP contribution in [0.3, 0.4) is 0 Å². The smallest absolute Gasteiger partial charge is 0.258 e. The van der Waals surface area contributed by atoms with Crippen LogP contribution in [-0.2, 0) is 4.79 Å². The van der Waals surface area contributed by atoms with Crippen molar-refractivity contribution in [2.75, 3.05) is 25.1 Å². The molecular formula is C10H12BrN5O2. The molecule has 0 atom stereocenters. The van der Waals surface area contributed by atoms with Gasteiger partial charge in [0.25, 0.3) is 5.91 Å². The van der Waals surface area contributed by atoms with E-state index in [1.54, 1.807) is 6.07 Å². The topological polar surface area (TPSA) is 100 Å². The average Bonchev–Trinajstić information content (AvgIpc) is 2.38. The van der Waals surface area contributed by atoms with Gasteiger partial charge in [-0.05, 0) is 22.0 Å². The van der Waals surface area contributed by atoms with E-state index in [0.717, 1.165) is 0 Å². The first-order valence-corrected chi connectivity index (χ1v) is 6.09. The van der Waals surface area contributed by atoms with Crippen molar-refractivity contribution in [3.8, 4) is 0 Å². The Morgan fingerprint density at radius 2 is 2.39 bits per heavy atom. The SMILES string of the molecule is NNc1ncc(Br)cc1C(=O)N1CCNC(=O)C1. The minimum atomic E-state index is -0.272. The molecule has 2 rings (SSSR count). The number of nitrogen functional groups attached to an aromatic ring is 1. The number of carbonyl (C=O) groups excluding carboxylic acids is 2. The predicted octanol–water partition coefficient (Wildman–Crippen LogP) is -0.298. The van der Waals surface area contributed by atoms with Crippen molar-refractivity contribution in [1.29, 1.82) is 0 Å². The number of nitrogens with zero attached hydrogens (tertiary/aromatic N) is 2. The highest BCUT2D eigenvalue weighted by Crippen LogP contribution is 2.19. The summed E-state index contributed by atoms with van der Waals surface area (Å²) in [7, 11) is 0. The maximum atomic E-state index is 12.3. The molecule has 1 aliphatic rings. The van der Waals surface area contributed by atoms with Crippen molar-refractivity contribution in [3.63, 3.8) is 0 Å². The summed E-state index contributed by atoms with van der Waals surface area (Å²) in [5.41, 5.74) is 2.71. The third kappa shape index (κ3) is 2.59. The zero-order chi connectivity index (χ0) is 13.1. The van der Waals surface area contributed by atoms with Crippen LogP contribution in [0.15, 0.2) is 16.7 Å². The molecule has 0 spiro atoms. The van der Waals surface area contributed by atoms with Crippen LogP contribution in [-0.4, -0.2) is 41.3 Å². The Kier molecular flexibility index (Phi) is 3.78. The van der Waals surface area contributed by atoms with E-state index < -0.39 is 0 Å². The molecule has 4 N–H and O–H groups in total. The number of aromatic nitrogens is 1. The Morgan fingerprint density at radius 3 is 3.06 bits per heavy atom. The Labute approximate surface area is 112 Å². The quantitative estimate of drug-likeness (QED) is 0.514. The summed E-state index contributed by atoms with van der Waals surface area (Å²) in [6.07, 6.45) is 1.54. The number of carbonyl (C=O) groups is 2. The molecular weight excluding hydrogens is 302 g/mol. The minimum Gasteiger partial charge on any atom is -0.353 e. The lowest BCUT2D eigenvalue weighted by molar-refractivity contribution is -0.123. The van der Waals surface area contributed by atoms with Crippen LogP contribution in [0.5, 0.6) is 0 Å². The Balaban J connectivity index is 2.27. The Morgan fingerprint density at radius 1 is 1.61 bits per heavy atom. The van der Waals surface area contributed by atoms with Crippen molar-refractivity contribution in [2.24, 2.45) is 5.84 Å². The molecule has 0 radical (unpaired) electrons. The largest absolute Gasteiger partial charge is 0.353 e. The number of halogens is 1. The molecule has 8 heteroatoms. The van der Waals surface area contributed by atoms with Gasteiger partial charge in [0.1, 0.15) is 0 Å². The summed E-state index contributed by atoms with van der Waals surface area (Å²) >= 11 is 3.25. The van der Waals surface area contributed by atoms with Crippen molar-refractivity contribution in [1.82, 2.24) is 15.2 Å². The fourth-order valence-corrected chi connectivity index (χ4v) is 2.03. The first-order chi connectivity index (χ1) is 8.61. The normalized spacial score (nSPS) is 15.2. The number of pyridine rings is 1. The Hall–Kier alpha value is -1.67. The maximum Gasteiger partial charge on any atom is 0.258 e. The van der Waals surface area contributed by atoms with Gasteiger partial charge in [0.05, 0.1) is 12.1 Å². The summed E-state index contributed by atoms with van der Waals surface area (Å²) in [5, 5.41) is 2.66. The molecule has 1 aromatic rings. The van der Waals surface area contributed by atoms with Crippen LogP contribution in [0.25, 0.3) is 0 Å². The first kappa shape index (κ1) is 12.8. The van der Waals surface area contributed by atoms with Crippen LogP contribution in [0.2, 0.25) is 0 Å². The van der Waals surface area contributed by atoms with Crippen LogP contribution >= 0.6 is 15.9 Å². The van der Waals surface area contributed by atoms with Gasteiger partial charge in [0.2, 0.25) is 5.91 Å². The lowest BCUT2D eigenvalue weighted by Crippen LogP contribution is -2.50. The molecule has 2 heterocycles. The van der Waals surface area contributed by atoms with E-state index in [1.165, 1.54) is 11.1 Å². The molecule has 0 aliphatic carbocycles. The Bertz CT molecular complexity index is 493. The highest BCUT2D eigenvalue weighted by atomic mass is 79.9. The molecule has 0 saturated carbocycles. The van der Waals surface area contributed by atoms with Gasteiger partial charge < -0.3 is 15.6 Å². The number of nitrogens with one attached hydrogen (secondary N) is 2. The molecule has 0 unspecified atom stereocenters. The highest BCUT2D eigenvalue weighted by Gasteiger charge is 2.24. The van der Waals surface area contributed by atoms with E-state index in [1.807, 2.05) is 0 Å². The number of hydrogen-bond donors (Lipinski definition) is 3. The lowest BCUT2D eigenvalue weighted by atomic mass is 10.2. The van der Waals surface area contributed by atoms with Gasteiger partial charge in [-0.2, -0.15) is 0 Å². The van der Waals surface area contributed by atoms with Gasteiger partial charge in [-0.25, -0.2) is 10.8 Å². The zero-order valence-corrected chi connectivity index (χ0v) is 11.0. The van der Waals surface area contributed by atoms with Crippen molar-refractivity contribution in [3.05, 3.63) is 22.3 Å². The third-order valence-electron chi connectivity index (χ3n) is 2.55. The molecule has 7 nitrogen and oxygen atoms in total. The molecule has 1 aliphatic heterocycles. The average molecular weight is 314 g/mol. The number of anilines is 1. The van der Waals surface area contributed by atoms with E-state index in [9.17, 15) is 9.59 Å². The third-order valence-corrected chi connectivity index (χ3v) is 2.98. The molecule has 1 fully saturated rings. The van der Waals surface area contributed by atoms with Crippen molar-refractivity contribution >= 4 is 33.6 Å². The second-order valence-corrected chi connectivity index (χ2v) is 4.69. The summed E-state index contributed by atoms with van der Waals surface area (Å²) in [6, 6.07) is 1.62. The molecule has 2 amide bonds. The molecule has 0 bridgehead atoms. The van der Waals surface area contributed by atoms with E-state index in [-0.39, 0.29) is 24.2 Å². The number of piperazine rings is 1. The van der Waals surface area contributed by atoms with Gasteiger partial charge in [-0.1, -0.05) is 0 Å². The summed E-state index contributed by atoms with van der Waals surface area (Å²) in [5.74, 6) is 5.17. The fourth-order valence-electron chi connectivity index (χ4n) is 1.70. The van der Waals surface area contributed by atoms with E-state index in [0.29, 0.717) is 23.1 Å². The van der Waals surface area contributed by atoms with Crippen molar-refractivity contribution in [2.45, 2.75) is 0 Å². The van der Waals surface area contributed by atoms with E-state index >= 15 is 0 Å². The molecule has 96 valence electrons. The highest BCUT2D eigenvalue weighted by molar-refractivity contribution is 9.10. The van der Waals surface area contributed by atoms with Gasteiger partial charge in [-0.3, -0.25) is 9.59 Å². The fraction of sp³-hybridized carbons (Fsp3) is 0.300. The molecule has 0 aromatic carbocycles. The van der Waals surface area contributed by atoms with Crippen LogP contribution in [0.4, 0.5) is 5.82 Å². The van der Waals surface area contributed by atoms with Crippen LogP contribution in [0, 0.1) is 0 Å². The van der Waals surface area contributed by atoms with Gasteiger partial charge in [0.15, 0.2) is 5.82 Å². The van der Waals surface area contributed by atoms with E-state index in [2.05, 4.69) is 31.7 Å². The van der Waals surface area contributed by atoms with Crippen LogP contribution < -0.4 is 16.6 Å². The number of nitrogens with two attached hydrogens (primary N) is 1. The van der Waals surface area contributed by atoms with Gasteiger partial charge >= 0.3 is 0 Å². The summed E-state index contributed by atoms with van der Waals surface area (Å²) in [6.45, 7) is 0.980. The van der Waals surface area contributed by atoms with Gasteiger partial charge in [-0.15, -0.1) is 0 Å². The van der Waals surface area contributed by atoms with E-state index in [4.69, 9.17) is 5.84 Å². The summed E-state index contributed by atoms with van der Waals surface area (Å²) in [4.78, 5) is 29.0. The summed E-state index contributed by atoms with van der Waals surface area (Å²) < 4.78 is 0.673. The predicted molar refractivity (Wildman–Crippen MR) is 68.7 cm³/mol. The number of hydrazine groups is 1. The minimum absolute atomic E-state index is 0.0510. The molecule has 1 aromatic heterocycles. The number of amides is 2. The molecule has 18 heavy (non-hydrogen) atoms. The maximum absolute atomic E-state index is 12.3. The zero-order valence-electron chi connectivity index (χ0n) is 9.44. The lowest BCUT2D eigenvalue weighted by Gasteiger charge is -2.27.